The lowest BCUT2D eigenvalue weighted by Gasteiger charge is -2.16. The minimum absolute atomic E-state index is 0.145. The van der Waals surface area contributed by atoms with E-state index < -0.39 is 5.97 Å². The van der Waals surface area contributed by atoms with E-state index in [1.165, 1.54) is 0 Å². The number of aliphatic carboxylic acids is 1. The zero-order valence-electron chi connectivity index (χ0n) is 12.6. The van der Waals surface area contributed by atoms with Crippen molar-refractivity contribution < 1.29 is 14.6 Å². The Morgan fingerprint density at radius 1 is 1.48 bits per heavy atom. The number of carbonyl (C=O) groups is 1. The van der Waals surface area contributed by atoms with Gasteiger partial charge in [0.05, 0.1) is 12.5 Å². The van der Waals surface area contributed by atoms with Crippen LogP contribution in [0, 0.1) is 18.8 Å². The van der Waals surface area contributed by atoms with Crippen molar-refractivity contribution in [3.63, 3.8) is 0 Å². The molecule has 0 aliphatic heterocycles. The van der Waals surface area contributed by atoms with E-state index in [-0.39, 0.29) is 11.8 Å². The molecule has 0 spiro atoms. The van der Waals surface area contributed by atoms with Crippen molar-refractivity contribution in [3.05, 3.63) is 11.8 Å². The van der Waals surface area contributed by atoms with Crippen molar-refractivity contribution in [3.8, 4) is 5.88 Å². The van der Waals surface area contributed by atoms with E-state index in [1.54, 1.807) is 6.07 Å². The van der Waals surface area contributed by atoms with Gasteiger partial charge in [0.2, 0.25) is 11.8 Å². The van der Waals surface area contributed by atoms with Gasteiger partial charge in [-0.3, -0.25) is 4.79 Å². The first-order chi connectivity index (χ1) is 10.1. The van der Waals surface area contributed by atoms with Gasteiger partial charge in [-0.25, -0.2) is 4.98 Å². The average molecular weight is 293 g/mol. The van der Waals surface area contributed by atoms with Gasteiger partial charge in [-0.05, 0) is 32.1 Å². The first kappa shape index (κ1) is 15.5. The molecule has 1 aliphatic carbocycles. The maximum Gasteiger partial charge on any atom is 0.306 e. The molecule has 116 valence electrons. The van der Waals surface area contributed by atoms with Crippen molar-refractivity contribution in [2.24, 2.45) is 11.8 Å². The molecular formula is C15H23N3O3. The largest absolute Gasteiger partial charge is 0.481 e. The summed E-state index contributed by atoms with van der Waals surface area (Å²) in [6.07, 6.45) is 3.60. The van der Waals surface area contributed by atoms with Crippen LogP contribution in [0.15, 0.2) is 6.07 Å². The van der Waals surface area contributed by atoms with Crippen LogP contribution in [-0.2, 0) is 4.79 Å². The standard InChI is InChI=1S/C15H23N3O3/c1-3-7-21-13-8-10(2)17-15(18-13)16-9-11-5-4-6-12(11)14(19)20/h8,11-12H,3-7,9H2,1-2H3,(H,19,20)(H,16,17,18). The fraction of sp³-hybridized carbons (Fsp3) is 0.667. The Kier molecular flexibility index (Phi) is 5.36. The van der Waals surface area contributed by atoms with Gasteiger partial charge >= 0.3 is 5.97 Å². The molecule has 1 saturated carbocycles. The van der Waals surface area contributed by atoms with Crippen LogP contribution in [0.4, 0.5) is 5.95 Å². The Morgan fingerprint density at radius 2 is 2.29 bits per heavy atom. The number of rotatable bonds is 7. The van der Waals surface area contributed by atoms with Crippen LogP contribution >= 0.6 is 0 Å². The summed E-state index contributed by atoms with van der Waals surface area (Å²) in [5.74, 6) is 0.270. The minimum Gasteiger partial charge on any atom is -0.481 e. The molecule has 0 saturated heterocycles. The van der Waals surface area contributed by atoms with E-state index in [4.69, 9.17) is 4.74 Å². The van der Waals surface area contributed by atoms with E-state index in [0.29, 0.717) is 25.0 Å². The number of hydrogen-bond acceptors (Lipinski definition) is 5. The van der Waals surface area contributed by atoms with Gasteiger partial charge in [-0.1, -0.05) is 13.3 Å². The Morgan fingerprint density at radius 3 is 3.00 bits per heavy atom. The highest BCUT2D eigenvalue weighted by Gasteiger charge is 2.32. The Bertz CT molecular complexity index is 493. The predicted octanol–water partition coefficient (Wildman–Crippen LogP) is 2.49. The number of anilines is 1. The molecule has 0 aromatic carbocycles. The summed E-state index contributed by atoms with van der Waals surface area (Å²) in [5.41, 5.74) is 0.833. The van der Waals surface area contributed by atoms with E-state index >= 15 is 0 Å². The molecule has 1 fully saturated rings. The molecule has 0 radical (unpaired) electrons. The third kappa shape index (κ3) is 4.31. The van der Waals surface area contributed by atoms with Crippen LogP contribution in [0.2, 0.25) is 0 Å². The van der Waals surface area contributed by atoms with Crippen LogP contribution < -0.4 is 10.1 Å². The summed E-state index contributed by atoms with van der Waals surface area (Å²) in [4.78, 5) is 19.8. The number of carboxylic acid groups (broad SMARTS) is 1. The molecule has 6 heteroatoms. The lowest BCUT2D eigenvalue weighted by molar-refractivity contribution is -0.142. The molecule has 0 amide bonds. The second-order valence-electron chi connectivity index (χ2n) is 5.54. The Labute approximate surface area is 124 Å². The molecule has 21 heavy (non-hydrogen) atoms. The topological polar surface area (TPSA) is 84.3 Å². The number of hydrogen-bond donors (Lipinski definition) is 2. The van der Waals surface area contributed by atoms with Crippen molar-refractivity contribution in [1.29, 1.82) is 0 Å². The third-order valence-corrected chi connectivity index (χ3v) is 3.78. The van der Waals surface area contributed by atoms with Crippen LogP contribution in [0.5, 0.6) is 5.88 Å². The maximum absolute atomic E-state index is 11.2. The van der Waals surface area contributed by atoms with Crippen LogP contribution in [-0.4, -0.2) is 34.2 Å². The molecule has 2 N–H and O–H groups in total. The Balaban J connectivity index is 1.96. The molecule has 1 heterocycles. The van der Waals surface area contributed by atoms with E-state index in [2.05, 4.69) is 15.3 Å². The first-order valence-electron chi connectivity index (χ1n) is 7.55. The lowest BCUT2D eigenvalue weighted by atomic mass is 9.96. The zero-order valence-corrected chi connectivity index (χ0v) is 12.6. The average Bonchev–Trinajstić information content (AvgIpc) is 2.91. The summed E-state index contributed by atoms with van der Waals surface area (Å²) in [7, 11) is 0. The van der Waals surface area contributed by atoms with Crippen LogP contribution in [0.1, 0.15) is 38.3 Å². The van der Waals surface area contributed by atoms with Gasteiger partial charge < -0.3 is 15.2 Å². The molecule has 1 aliphatic rings. The summed E-state index contributed by atoms with van der Waals surface area (Å²) < 4.78 is 5.52. The van der Waals surface area contributed by atoms with Gasteiger partial charge in [-0.15, -0.1) is 0 Å². The fourth-order valence-electron chi connectivity index (χ4n) is 2.73. The number of ether oxygens (including phenoxy) is 1. The zero-order chi connectivity index (χ0) is 15.2. The van der Waals surface area contributed by atoms with Crippen molar-refractivity contribution in [2.75, 3.05) is 18.5 Å². The predicted molar refractivity (Wildman–Crippen MR) is 79.5 cm³/mol. The number of nitrogens with zero attached hydrogens (tertiary/aromatic N) is 2. The highest BCUT2D eigenvalue weighted by atomic mass is 16.5. The molecule has 2 rings (SSSR count). The summed E-state index contributed by atoms with van der Waals surface area (Å²) >= 11 is 0. The van der Waals surface area contributed by atoms with Crippen LogP contribution in [0.3, 0.4) is 0 Å². The normalized spacial score (nSPS) is 21.2. The summed E-state index contributed by atoms with van der Waals surface area (Å²) in [5, 5.41) is 12.4. The van der Waals surface area contributed by atoms with Gasteiger partial charge in [0.15, 0.2) is 0 Å². The molecule has 1 aromatic heterocycles. The number of aromatic nitrogens is 2. The first-order valence-corrected chi connectivity index (χ1v) is 7.55. The fourth-order valence-corrected chi connectivity index (χ4v) is 2.73. The van der Waals surface area contributed by atoms with Crippen molar-refractivity contribution in [1.82, 2.24) is 9.97 Å². The number of carboxylic acids is 1. The van der Waals surface area contributed by atoms with Crippen molar-refractivity contribution in [2.45, 2.75) is 39.5 Å². The van der Waals surface area contributed by atoms with E-state index in [9.17, 15) is 9.90 Å². The molecule has 2 atom stereocenters. The summed E-state index contributed by atoms with van der Waals surface area (Å²) in [6, 6.07) is 1.80. The molecular weight excluding hydrogens is 270 g/mol. The highest BCUT2D eigenvalue weighted by molar-refractivity contribution is 5.70. The lowest BCUT2D eigenvalue weighted by Crippen LogP contribution is -2.25. The monoisotopic (exact) mass is 293 g/mol. The number of aryl methyl sites for hydroxylation is 1. The third-order valence-electron chi connectivity index (χ3n) is 3.78. The maximum atomic E-state index is 11.2. The minimum atomic E-state index is -0.698. The quantitative estimate of drug-likeness (QED) is 0.803. The second kappa shape index (κ2) is 7.24. The van der Waals surface area contributed by atoms with E-state index in [1.807, 2.05) is 13.8 Å². The molecule has 2 unspecified atom stereocenters. The Hall–Kier alpha value is -1.85. The number of nitrogens with one attached hydrogen (secondary N) is 1. The molecule has 6 nitrogen and oxygen atoms in total. The van der Waals surface area contributed by atoms with Crippen molar-refractivity contribution >= 4 is 11.9 Å². The van der Waals surface area contributed by atoms with Gasteiger partial charge in [0.25, 0.3) is 0 Å². The van der Waals surface area contributed by atoms with Crippen LogP contribution in [0.25, 0.3) is 0 Å². The van der Waals surface area contributed by atoms with Gasteiger partial charge in [-0.2, -0.15) is 4.98 Å². The molecule has 0 bridgehead atoms. The second-order valence-corrected chi connectivity index (χ2v) is 5.54. The van der Waals surface area contributed by atoms with Gasteiger partial charge in [0, 0.05) is 18.3 Å². The molecule has 1 aromatic rings. The van der Waals surface area contributed by atoms with E-state index in [0.717, 1.165) is 31.4 Å². The SMILES string of the molecule is CCCOc1cc(C)nc(NCC2CCCC2C(=O)O)n1. The summed E-state index contributed by atoms with van der Waals surface area (Å²) in [6.45, 7) is 5.15. The smallest absolute Gasteiger partial charge is 0.306 e. The van der Waals surface area contributed by atoms with Gasteiger partial charge in [0.1, 0.15) is 0 Å². The highest BCUT2D eigenvalue weighted by Crippen LogP contribution is 2.31.